The summed E-state index contributed by atoms with van der Waals surface area (Å²) in [6.45, 7) is 3.95. The molecule has 0 spiro atoms. The van der Waals surface area contributed by atoms with E-state index in [9.17, 15) is 4.79 Å². The fourth-order valence-corrected chi connectivity index (χ4v) is 4.02. The van der Waals surface area contributed by atoms with Gasteiger partial charge in [0.25, 0.3) is 5.91 Å². The summed E-state index contributed by atoms with van der Waals surface area (Å²) < 4.78 is 11.6. The number of nitrogens with one attached hydrogen (secondary N) is 1. The van der Waals surface area contributed by atoms with Crippen molar-refractivity contribution < 1.29 is 14.3 Å². The molecule has 31 heavy (non-hydrogen) atoms. The summed E-state index contributed by atoms with van der Waals surface area (Å²) in [5.74, 6) is 0.704. The largest absolute Gasteiger partial charge is 0.493 e. The first-order valence-electron chi connectivity index (χ1n) is 9.89. The van der Waals surface area contributed by atoms with Crippen LogP contribution < -0.4 is 9.47 Å². The Bertz CT molecular complexity index is 1120. The summed E-state index contributed by atoms with van der Waals surface area (Å²) in [5, 5.41) is 15.5. The summed E-state index contributed by atoms with van der Waals surface area (Å²) in [7, 11) is 1.57. The van der Waals surface area contributed by atoms with E-state index in [4.69, 9.17) is 14.9 Å². The molecule has 2 heterocycles. The van der Waals surface area contributed by atoms with Crippen LogP contribution >= 0.6 is 11.8 Å². The number of carbonyl (C=O) groups is 1. The molecular formula is C23H22N4O3S. The van der Waals surface area contributed by atoms with Crippen LogP contribution in [0, 0.1) is 5.41 Å². The number of benzene rings is 2. The number of thioether (sulfide) groups is 1. The van der Waals surface area contributed by atoms with Crippen LogP contribution in [0.5, 0.6) is 11.5 Å². The lowest BCUT2D eigenvalue weighted by molar-refractivity contribution is -0.114. The molecule has 2 aromatic rings. The molecule has 0 aromatic heterocycles. The van der Waals surface area contributed by atoms with E-state index < -0.39 is 5.91 Å². The van der Waals surface area contributed by atoms with Gasteiger partial charge in [-0.25, -0.2) is 0 Å². The summed E-state index contributed by atoms with van der Waals surface area (Å²) in [5.41, 5.74) is 1.94. The summed E-state index contributed by atoms with van der Waals surface area (Å²) in [6.07, 6.45) is 2.20. The summed E-state index contributed by atoms with van der Waals surface area (Å²) in [4.78, 5) is 16.6. The van der Waals surface area contributed by atoms with E-state index in [1.165, 1.54) is 16.8 Å². The fraction of sp³-hybridized carbons (Fsp3) is 0.217. The number of amides is 1. The Kier molecular flexibility index (Phi) is 5.90. The van der Waals surface area contributed by atoms with Crippen LogP contribution in [0.25, 0.3) is 6.08 Å². The second-order valence-corrected chi connectivity index (χ2v) is 7.99. The standard InChI is InChI=1S/C23H22N4O3S/c1-4-20-26-27-21(24)17(22(28)25-23(27)31-20)12-15-10-11-18(19(13-15)29-3)30-14(2)16-8-6-5-7-9-16/h5-14,24H,4H2,1-3H3/b17-12-,24-21?/t14-/m0/s1. The van der Waals surface area contributed by atoms with E-state index in [0.717, 1.165) is 17.0 Å². The highest BCUT2D eigenvalue weighted by molar-refractivity contribution is 8.26. The number of fused-ring (bicyclic) bond motifs is 1. The molecule has 2 aliphatic heterocycles. The van der Waals surface area contributed by atoms with Gasteiger partial charge in [-0.05, 0) is 54.4 Å². The SMILES string of the molecule is CCC1=NN2C(=N)/C(=C/c3ccc(O[C@@H](C)c4ccccc4)c(OC)c3)C(=O)N=C2S1. The Morgan fingerprint density at radius 1 is 1.19 bits per heavy atom. The van der Waals surface area contributed by atoms with Crippen molar-refractivity contribution in [2.24, 2.45) is 10.1 Å². The Hall–Kier alpha value is -3.39. The Morgan fingerprint density at radius 2 is 1.97 bits per heavy atom. The van der Waals surface area contributed by atoms with Gasteiger partial charge in [0.15, 0.2) is 17.3 Å². The number of ether oxygens (including phenoxy) is 2. The zero-order chi connectivity index (χ0) is 22.0. The normalized spacial score (nSPS) is 17.9. The zero-order valence-electron chi connectivity index (χ0n) is 17.5. The van der Waals surface area contributed by atoms with Gasteiger partial charge in [-0.2, -0.15) is 15.1 Å². The van der Waals surface area contributed by atoms with E-state index in [1.54, 1.807) is 25.3 Å². The minimum atomic E-state index is -0.451. The van der Waals surface area contributed by atoms with Crippen LogP contribution in [0.1, 0.15) is 37.5 Å². The average molecular weight is 435 g/mol. The van der Waals surface area contributed by atoms with Gasteiger partial charge in [-0.15, -0.1) is 0 Å². The molecule has 0 saturated heterocycles. The first-order chi connectivity index (χ1) is 15.0. The molecule has 0 saturated carbocycles. The molecule has 0 aliphatic carbocycles. The number of hydrazone groups is 1. The van der Waals surface area contributed by atoms with Crippen LogP contribution in [0.2, 0.25) is 0 Å². The maximum absolute atomic E-state index is 12.5. The van der Waals surface area contributed by atoms with Crippen molar-refractivity contribution in [2.45, 2.75) is 26.4 Å². The lowest BCUT2D eigenvalue weighted by Gasteiger charge is -2.20. The number of rotatable bonds is 6. The summed E-state index contributed by atoms with van der Waals surface area (Å²) in [6, 6.07) is 15.3. The highest BCUT2D eigenvalue weighted by atomic mass is 32.2. The summed E-state index contributed by atoms with van der Waals surface area (Å²) >= 11 is 1.32. The molecule has 0 unspecified atom stereocenters. The monoisotopic (exact) mass is 434 g/mol. The third-order valence-corrected chi connectivity index (χ3v) is 5.92. The van der Waals surface area contributed by atoms with Gasteiger partial charge < -0.3 is 9.47 Å². The van der Waals surface area contributed by atoms with E-state index >= 15 is 0 Å². The lowest BCUT2D eigenvalue weighted by Crippen LogP contribution is -2.35. The minimum absolute atomic E-state index is 0.0166. The molecule has 2 aromatic carbocycles. The van der Waals surface area contributed by atoms with Crippen molar-refractivity contribution in [3.63, 3.8) is 0 Å². The average Bonchev–Trinajstić information content (AvgIpc) is 3.21. The van der Waals surface area contributed by atoms with Gasteiger partial charge in [0.1, 0.15) is 11.1 Å². The molecule has 1 N–H and O–H groups in total. The van der Waals surface area contributed by atoms with Crippen LogP contribution in [-0.2, 0) is 4.79 Å². The lowest BCUT2D eigenvalue weighted by atomic mass is 10.1. The molecule has 4 rings (SSSR count). The van der Waals surface area contributed by atoms with Crippen molar-refractivity contribution in [1.29, 1.82) is 5.41 Å². The molecule has 0 fully saturated rings. The predicted octanol–water partition coefficient (Wildman–Crippen LogP) is 4.86. The van der Waals surface area contributed by atoms with Gasteiger partial charge in [-0.1, -0.05) is 43.3 Å². The van der Waals surface area contributed by atoms with Crippen molar-refractivity contribution in [1.82, 2.24) is 5.01 Å². The third-order valence-electron chi connectivity index (χ3n) is 4.87. The second-order valence-electron chi connectivity index (χ2n) is 6.95. The fourth-order valence-electron chi connectivity index (χ4n) is 3.20. The van der Waals surface area contributed by atoms with Gasteiger partial charge >= 0.3 is 0 Å². The van der Waals surface area contributed by atoms with Crippen molar-refractivity contribution >= 4 is 39.8 Å². The zero-order valence-corrected chi connectivity index (χ0v) is 18.3. The minimum Gasteiger partial charge on any atom is -0.493 e. The number of hydrogen-bond donors (Lipinski definition) is 1. The first-order valence-corrected chi connectivity index (χ1v) is 10.7. The Balaban J connectivity index is 1.59. The number of nitrogens with zero attached hydrogens (tertiary/aromatic N) is 3. The first kappa shape index (κ1) is 20.9. The van der Waals surface area contributed by atoms with Crippen LogP contribution in [0.4, 0.5) is 0 Å². The molecule has 7 nitrogen and oxygen atoms in total. The number of amidine groups is 2. The number of aliphatic imine (C=N–C) groups is 1. The molecule has 1 amide bonds. The molecule has 1 atom stereocenters. The number of carbonyl (C=O) groups excluding carboxylic acids is 1. The molecule has 8 heteroatoms. The van der Waals surface area contributed by atoms with Gasteiger partial charge in [-0.3, -0.25) is 10.2 Å². The number of methoxy groups -OCH3 is 1. The topological polar surface area (TPSA) is 87.3 Å². The van der Waals surface area contributed by atoms with Crippen molar-refractivity contribution in [2.75, 3.05) is 7.11 Å². The smallest absolute Gasteiger partial charge is 0.283 e. The molecule has 158 valence electrons. The predicted molar refractivity (Wildman–Crippen MR) is 124 cm³/mol. The van der Waals surface area contributed by atoms with Gasteiger partial charge in [0.05, 0.1) is 12.7 Å². The van der Waals surface area contributed by atoms with E-state index in [2.05, 4.69) is 10.1 Å². The molecular weight excluding hydrogens is 412 g/mol. The highest BCUT2D eigenvalue weighted by Gasteiger charge is 2.35. The molecule has 2 aliphatic rings. The Labute approximate surface area is 185 Å². The van der Waals surface area contributed by atoms with E-state index in [0.29, 0.717) is 22.2 Å². The van der Waals surface area contributed by atoms with Crippen molar-refractivity contribution in [3.8, 4) is 11.5 Å². The van der Waals surface area contributed by atoms with Crippen LogP contribution in [0.15, 0.2) is 64.2 Å². The third kappa shape index (κ3) is 4.25. The quantitative estimate of drug-likeness (QED) is 0.656. The maximum atomic E-state index is 12.5. The van der Waals surface area contributed by atoms with Gasteiger partial charge in [0, 0.05) is 0 Å². The van der Waals surface area contributed by atoms with Gasteiger partial charge in [0.2, 0.25) is 5.17 Å². The molecule has 0 bridgehead atoms. The second kappa shape index (κ2) is 8.77. The van der Waals surface area contributed by atoms with E-state index in [-0.39, 0.29) is 17.5 Å². The highest BCUT2D eigenvalue weighted by Crippen LogP contribution is 2.34. The molecule has 0 radical (unpaired) electrons. The van der Waals surface area contributed by atoms with Crippen LogP contribution in [-0.4, -0.2) is 34.1 Å². The Morgan fingerprint density at radius 3 is 2.68 bits per heavy atom. The van der Waals surface area contributed by atoms with Crippen molar-refractivity contribution in [3.05, 3.63) is 65.2 Å². The van der Waals surface area contributed by atoms with Crippen LogP contribution in [0.3, 0.4) is 0 Å². The number of hydrogen-bond acceptors (Lipinski definition) is 6. The maximum Gasteiger partial charge on any atom is 0.283 e. The van der Waals surface area contributed by atoms with E-state index in [1.807, 2.05) is 50.2 Å².